The summed E-state index contributed by atoms with van der Waals surface area (Å²) in [6.45, 7) is 4.58. The average Bonchev–Trinajstić information content (AvgIpc) is 3.08. The van der Waals surface area contributed by atoms with E-state index in [1.165, 1.54) is 4.90 Å². The fourth-order valence-corrected chi connectivity index (χ4v) is 2.97. The van der Waals surface area contributed by atoms with Crippen LogP contribution in [0, 0.1) is 5.92 Å². The molecule has 108 valence electrons. The maximum atomic E-state index is 12.6. The van der Waals surface area contributed by atoms with Crippen molar-refractivity contribution in [3.05, 3.63) is 0 Å². The molecular weight excluding hydrogens is 244 g/mol. The number of carbonyl (C=O) groups excluding carboxylic acids is 1. The van der Waals surface area contributed by atoms with Crippen LogP contribution in [0.15, 0.2) is 0 Å². The van der Waals surface area contributed by atoms with Gasteiger partial charge in [0.2, 0.25) is 0 Å². The third-order valence-corrected chi connectivity index (χ3v) is 4.25. The van der Waals surface area contributed by atoms with Crippen LogP contribution < -0.4 is 0 Å². The van der Waals surface area contributed by atoms with Gasteiger partial charge in [-0.2, -0.15) is 0 Å². The number of hydrogen-bond acceptors (Lipinski definition) is 2. The Hall–Kier alpha value is -1.26. The molecule has 1 aliphatic carbocycles. The number of amides is 2. The topological polar surface area (TPSA) is 60.9 Å². The van der Waals surface area contributed by atoms with Crippen molar-refractivity contribution in [3.63, 3.8) is 0 Å². The van der Waals surface area contributed by atoms with Gasteiger partial charge in [-0.15, -0.1) is 0 Å². The minimum atomic E-state index is -0.922. The van der Waals surface area contributed by atoms with Gasteiger partial charge in [-0.05, 0) is 44.9 Å². The van der Waals surface area contributed by atoms with Crippen molar-refractivity contribution in [2.45, 2.75) is 58.0 Å². The van der Waals surface area contributed by atoms with Gasteiger partial charge in [-0.1, -0.05) is 6.92 Å². The normalized spacial score (nSPS) is 26.5. The van der Waals surface area contributed by atoms with Crippen LogP contribution >= 0.6 is 0 Å². The molecular formula is C14H24N2O3. The van der Waals surface area contributed by atoms with Crippen LogP contribution in [-0.2, 0) is 4.79 Å². The second-order valence-corrected chi connectivity index (χ2v) is 5.90. The van der Waals surface area contributed by atoms with Gasteiger partial charge in [0.25, 0.3) is 0 Å². The molecule has 2 fully saturated rings. The predicted octanol–water partition coefficient (Wildman–Crippen LogP) is 2.17. The fourth-order valence-electron chi connectivity index (χ4n) is 2.97. The highest BCUT2D eigenvalue weighted by Crippen LogP contribution is 2.32. The number of likely N-dealkylation sites (tertiary alicyclic amines) is 1. The van der Waals surface area contributed by atoms with E-state index in [-0.39, 0.29) is 24.7 Å². The van der Waals surface area contributed by atoms with Gasteiger partial charge in [0.1, 0.15) is 6.54 Å². The van der Waals surface area contributed by atoms with E-state index in [2.05, 4.69) is 13.8 Å². The van der Waals surface area contributed by atoms with Crippen LogP contribution in [0.25, 0.3) is 0 Å². The van der Waals surface area contributed by atoms with Gasteiger partial charge < -0.3 is 14.9 Å². The lowest BCUT2D eigenvalue weighted by Gasteiger charge is -2.33. The Morgan fingerprint density at radius 2 is 1.95 bits per heavy atom. The number of rotatable bonds is 5. The number of hydrogen-bond donors (Lipinski definition) is 1. The molecule has 0 aromatic carbocycles. The zero-order valence-corrected chi connectivity index (χ0v) is 11.8. The van der Waals surface area contributed by atoms with E-state index in [1.54, 1.807) is 0 Å². The first kappa shape index (κ1) is 14.2. The van der Waals surface area contributed by atoms with Crippen molar-refractivity contribution < 1.29 is 14.7 Å². The highest BCUT2D eigenvalue weighted by Gasteiger charge is 2.37. The van der Waals surface area contributed by atoms with Gasteiger partial charge >= 0.3 is 12.0 Å². The van der Waals surface area contributed by atoms with Crippen LogP contribution in [-0.4, -0.2) is 52.1 Å². The molecule has 2 aliphatic rings. The smallest absolute Gasteiger partial charge is 0.323 e. The predicted molar refractivity (Wildman–Crippen MR) is 71.9 cm³/mol. The summed E-state index contributed by atoms with van der Waals surface area (Å²) >= 11 is 0. The molecule has 1 aliphatic heterocycles. The van der Waals surface area contributed by atoms with E-state index in [1.807, 2.05) is 4.90 Å². The lowest BCUT2D eigenvalue weighted by molar-refractivity contribution is -0.137. The van der Waals surface area contributed by atoms with Gasteiger partial charge in [0.05, 0.1) is 0 Å². The fraction of sp³-hybridized carbons (Fsp3) is 0.857. The molecule has 0 spiro atoms. The first-order chi connectivity index (χ1) is 9.02. The summed E-state index contributed by atoms with van der Waals surface area (Å²) < 4.78 is 0. The molecule has 1 N–H and O–H groups in total. The summed E-state index contributed by atoms with van der Waals surface area (Å²) in [6.07, 6.45) is 5.25. The van der Waals surface area contributed by atoms with Crippen LogP contribution in [0.2, 0.25) is 0 Å². The van der Waals surface area contributed by atoms with E-state index >= 15 is 0 Å². The molecule has 5 nitrogen and oxygen atoms in total. The van der Waals surface area contributed by atoms with E-state index in [4.69, 9.17) is 5.11 Å². The molecule has 0 aromatic rings. The van der Waals surface area contributed by atoms with Crippen molar-refractivity contribution in [2.75, 3.05) is 13.1 Å². The molecule has 0 aromatic heterocycles. The largest absolute Gasteiger partial charge is 0.480 e. The summed E-state index contributed by atoms with van der Waals surface area (Å²) in [4.78, 5) is 27.0. The molecule has 5 heteroatoms. The maximum absolute atomic E-state index is 12.6. The maximum Gasteiger partial charge on any atom is 0.323 e. The Morgan fingerprint density at radius 3 is 2.47 bits per heavy atom. The second kappa shape index (κ2) is 5.80. The Labute approximate surface area is 114 Å². The van der Waals surface area contributed by atoms with Crippen molar-refractivity contribution in [1.29, 1.82) is 0 Å². The SMILES string of the molecule is CCC1CCC(C)N1C(=O)N(CC(=O)O)CC1CC1. The molecule has 0 radical (unpaired) electrons. The minimum absolute atomic E-state index is 0.0776. The summed E-state index contributed by atoms with van der Waals surface area (Å²) in [5.74, 6) is -0.407. The third-order valence-electron chi connectivity index (χ3n) is 4.25. The molecule has 0 bridgehead atoms. The molecule has 1 saturated heterocycles. The van der Waals surface area contributed by atoms with Crippen molar-refractivity contribution >= 4 is 12.0 Å². The summed E-state index contributed by atoms with van der Waals surface area (Å²) in [5.41, 5.74) is 0. The quantitative estimate of drug-likeness (QED) is 0.831. The second-order valence-electron chi connectivity index (χ2n) is 5.90. The number of carboxylic acids is 1. The number of urea groups is 1. The Bertz CT molecular complexity index is 355. The van der Waals surface area contributed by atoms with E-state index < -0.39 is 5.97 Å². The zero-order chi connectivity index (χ0) is 14.0. The number of carbonyl (C=O) groups is 2. The summed E-state index contributed by atoms with van der Waals surface area (Å²) in [5, 5.41) is 8.99. The van der Waals surface area contributed by atoms with Crippen LogP contribution in [0.3, 0.4) is 0 Å². The van der Waals surface area contributed by atoms with Gasteiger partial charge in [-0.3, -0.25) is 4.79 Å². The van der Waals surface area contributed by atoms with Crippen molar-refractivity contribution in [2.24, 2.45) is 5.92 Å². The minimum Gasteiger partial charge on any atom is -0.480 e. The molecule has 1 heterocycles. The Balaban J connectivity index is 2.05. The summed E-state index contributed by atoms with van der Waals surface area (Å²) in [7, 11) is 0. The molecule has 1 saturated carbocycles. The molecule has 19 heavy (non-hydrogen) atoms. The number of aliphatic carboxylic acids is 1. The molecule has 2 amide bonds. The molecule has 2 rings (SSSR count). The number of carboxylic acid groups (broad SMARTS) is 1. The van der Waals surface area contributed by atoms with Crippen LogP contribution in [0.5, 0.6) is 0 Å². The lowest BCUT2D eigenvalue weighted by Crippen LogP contribution is -2.50. The zero-order valence-electron chi connectivity index (χ0n) is 11.8. The van der Waals surface area contributed by atoms with Crippen LogP contribution in [0.4, 0.5) is 4.79 Å². The average molecular weight is 268 g/mol. The van der Waals surface area contributed by atoms with Crippen molar-refractivity contribution in [1.82, 2.24) is 9.80 Å². The standard InChI is InChI=1S/C14H24N2O3/c1-3-12-7-4-10(2)16(12)14(19)15(9-13(17)18)8-11-5-6-11/h10-12H,3-9H2,1-2H3,(H,17,18). The van der Waals surface area contributed by atoms with Crippen LogP contribution in [0.1, 0.15) is 46.0 Å². The summed E-state index contributed by atoms with van der Waals surface area (Å²) in [6, 6.07) is 0.428. The molecule has 2 unspecified atom stereocenters. The van der Waals surface area contributed by atoms with E-state index in [0.29, 0.717) is 12.5 Å². The Morgan fingerprint density at radius 1 is 1.26 bits per heavy atom. The van der Waals surface area contributed by atoms with Gasteiger partial charge in [0, 0.05) is 18.6 Å². The van der Waals surface area contributed by atoms with Gasteiger partial charge in [0.15, 0.2) is 0 Å². The number of nitrogens with zero attached hydrogens (tertiary/aromatic N) is 2. The highest BCUT2D eigenvalue weighted by molar-refractivity contribution is 5.80. The molecule has 2 atom stereocenters. The third kappa shape index (κ3) is 3.39. The monoisotopic (exact) mass is 268 g/mol. The highest BCUT2D eigenvalue weighted by atomic mass is 16.4. The van der Waals surface area contributed by atoms with E-state index in [0.717, 1.165) is 32.1 Å². The lowest BCUT2D eigenvalue weighted by atomic mass is 10.2. The van der Waals surface area contributed by atoms with Crippen molar-refractivity contribution in [3.8, 4) is 0 Å². The first-order valence-electron chi connectivity index (χ1n) is 7.32. The first-order valence-corrected chi connectivity index (χ1v) is 7.32. The van der Waals surface area contributed by atoms with E-state index in [9.17, 15) is 9.59 Å². The van der Waals surface area contributed by atoms with Gasteiger partial charge in [-0.25, -0.2) is 4.79 Å². The Kier molecular flexibility index (Phi) is 4.32.